The van der Waals surface area contributed by atoms with Gasteiger partial charge in [0.15, 0.2) is 0 Å². The summed E-state index contributed by atoms with van der Waals surface area (Å²) in [7, 11) is 0. The third-order valence-corrected chi connectivity index (χ3v) is 1.27. The predicted molar refractivity (Wildman–Crippen MR) is 52.7 cm³/mol. The summed E-state index contributed by atoms with van der Waals surface area (Å²) >= 11 is 0. The molecule has 0 radical (unpaired) electrons. The van der Waals surface area contributed by atoms with Crippen molar-refractivity contribution in [2.24, 2.45) is 5.92 Å². The van der Waals surface area contributed by atoms with Gasteiger partial charge in [0.05, 0.1) is 6.61 Å². The van der Waals surface area contributed by atoms with E-state index in [-0.39, 0.29) is 0 Å². The van der Waals surface area contributed by atoms with Crippen LogP contribution in [-0.2, 0) is 14.5 Å². The van der Waals surface area contributed by atoms with Crippen LogP contribution in [0.25, 0.3) is 0 Å². The number of carbonyl (C=O) groups excluding carboxylic acids is 1. The van der Waals surface area contributed by atoms with E-state index in [9.17, 15) is 4.79 Å². The molecule has 0 unspecified atom stereocenters. The van der Waals surface area contributed by atoms with Crippen molar-refractivity contribution in [3.8, 4) is 0 Å². The van der Waals surface area contributed by atoms with Gasteiger partial charge in [-0.25, -0.2) is 4.79 Å². The monoisotopic (exact) mass is 204 g/mol. The Kier molecular flexibility index (Phi) is 5.53. The first kappa shape index (κ1) is 13.2. The third kappa shape index (κ3) is 9.32. The SMILES string of the molecule is CC(C)CCOC(=O)OOC(C)(C)C. The van der Waals surface area contributed by atoms with Crippen LogP contribution in [0.3, 0.4) is 0 Å². The topological polar surface area (TPSA) is 44.8 Å². The zero-order valence-electron chi connectivity index (χ0n) is 9.62. The van der Waals surface area contributed by atoms with E-state index in [0.717, 1.165) is 6.42 Å². The van der Waals surface area contributed by atoms with Crippen molar-refractivity contribution in [3.05, 3.63) is 0 Å². The van der Waals surface area contributed by atoms with Crippen LogP contribution in [0.5, 0.6) is 0 Å². The van der Waals surface area contributed by atoms with Gasteiger partial charge in [-0.2, -0.15) is 4.89 Å². The minimum Gasteiger partial charge on any atom is -0.432 e. The van der Waals surface area contributed by atoms with E-state index in [1.165, 1.54) is 0 Å². The highest BCUT2D eigenvalue weighted by atomic mass is 17.2. The van der Waals surface area contributed by atoms with Gasteiger partial charge in [-0.15, -0.1) is 0 Å². The number of ether oxygens (including phenoxy) is 1. The molecule has 0 rings (SSSR count). The van der Waals surface area contributed by atoms with Crippen LogP contribution >= 0.6 is 0 Å². The number of rotatable bonds is 4. The molecule has 0 N–H and O–H groups in total. The Hall–Kier alpha value is -0.770. The van der Waals surface area contributed by atoms with Gasteiger partial charge >= 0.3 is 6.16 Å². The van der Waals surface area contributed by atoms with Gasteiger partial charge in [0.25, 0.3) is 0 Å². The number of hydrogen-bond donors (Lipinski definition) is 0. The van der Waals surface area contributed by atoms with Crippen molar-refractivity contribution in [2.45, 2.75) is 46.6 Å². The standard InChI is InChI=1S/C10H20O4/c1-8(2)6-7-12-9(11)13-14-10(3,4)5/h8H,6-7H2,1-5H3. The Labute approximate surface area is 85.5 Å². The molecule has 0 aromatic heterocycles. The smallest absolute Gasteiger partial charge is 0.432 e. The van der Waals surface area contributed by atoms with E-state index in [1.807, 2.05) is 0 Å². The van der Waals surface area contributed by atoms with E-state index < -0.39 is 11.8 Å². The Morgan fingerprint density at radius 3 is 2.29 bits per heavy atom. The summed E-state index contributed by atoms with van der Waals surface area (Å²) in [4.78, 5) is 20.1. The lowest BCUT2D eigenvalue weighted by Gasteiger charge is -2.16. The van der Waals surface area contributed by atoms with E-state index in [2.05, 4.69) is 18.7 Å². The molecule has 0 spiro atoms. The zero-order chi connectivity index (χ0) is 11.2. The fourth-order valence-electron chi connectivity index (χ4n) is 0.561. The molecule has 0 aliphatic heterocycles. The van der Waals surface area contributed by atoms with E-state index in [0.29, 0.717) is 12.5 Å². The largest absolute Gasteiger partial charge is 0.540 e. The molecule has 14 heavy (non-hydrogen) atoms. The van der Waals surface area contributed by atoms with Gasteiger partial charge in [0.1, 0.15) is 5.60 Å². The fourth-order valence-corrected chi connectivity index (χ4v) is 0.561. The van der Waals surface area contributed by atoms with Gasteiger partial charge in [0, 0.05) is 0 Å². The van der Waals surface area contributed by atoms with Crippen LogP contribution in [0.15, 0.2) is 0 Å². The summed E-state index contributed by atoms with van der Waals surface area (Å²) in [5.41, 5.74) is -0.503. The maximum atomic E-state index is 10.9. The molecule has 0 aliphatic rings. The van der Waals surface area contributed by atoms with Crippen molar-refractivity contribution in [3.63, 3.8) is 0 Å². The van der Waals surface area contributed by atoms with Crippen molar-refractivity contribution in [1.82, 2.24) is 0 Å². The summed E-state index contributed by atoms with van der Waals surface area (Å²) < 4.78 is 4.76. The van der Waals surface area contributed by atoms with E-state index in [1.54, 1.807) is 20.8 Å². The number of carbonyl (C=O) groups is 1. The molecule has 0 aromatic rings. The minimum atomic E-state index is -0.777. The predicted octanol–water partition coefficient (Wildman–Crippen LogP) is 2.92. The molecular weight excluding hydrogens is 184 g/mol. The Morgan fingerprint density at radius 2 is 1.86 bits per heavy atom. The Balaban J connectivity index is 3.47. The first-order valence-electron chi connectivity index (χ1n) is 4.83. The lowest BCUT2D eigenvalue weighted by molar-refractivity contribution is -0.312. The molecule has 0 aliphatic carbocycles. The fraction of sp³-hybridized carbons (Fsp3) is 0.900. The molecule has 0 fully saturated rings. The Bertz CT molecular complexity index is 169. The summed E-state index contributed by atoms with van der Waals surface area (Å²) in [6.07, 6.45) is 0.0468. The van der Waals surface area contributed by atoms with Gasteiger partial charge in [-0.05, 0) is 33.1 Å². The first-order chi connectivity index (χ1) is 6.31. The van der Waals surface area contributed by atoms with Crippen molar-refractivity contribution in [1.29, 1.82) is 0 Å². The maximum Gasteiger partial charge on any atom is 0.540 e. The van der Waals surface area contributed by atoms with Gasteiger partial charge < -0.3 is 4.74 Å². The van der Waals surface area contributed by atoms with Crippen LogP contribution in [0.1, 0.15) is 41.0 Å². The molecule has 0 heterocycles. The molecule has 0 aromatic carbocycles. The van der Waals surface area contributed by atoms with Crippen molar-refractivity contribution < 1.29 is 19.3 Å². The summed E-state index contributed by atoms with van der Waals surface area (Å²) in [5, 5.41) is 0. The highest BCUT2D eigenvalue weighted by molar-refractivity contribution is 5.58. The van der Waals surface area contributed by atoms with Crippen LogP contribution in [0, 0.1) is 5.92 Å². The van der Waals surface area contributed by atoms with Gasteiger partial charge in [-0.3, -0.25) is 4.89 Å². The molecule has 0 atom stereocenters. The van der Waals surface area contributed by atoms with Gasteiger partial charge in [0.2, 0.25) is 0 Å². The highest BCUT2D eigenvalue weighted by Gasteiger charge is 2.15. The molecule has 4 heteroatoms. The molecule has 0 saturated carbocycles. The second kappa shape index (κ2) is 5.86. The van der Waals surface area contributed by atoms with Crippen LogP contribution in [0.4, 0.5) is 4.79 Å². The Morgan fingerprint density at radius 1 is 1.29 bits per heavy atom. The third-order valence-electron chi connectivity index (χ3n) is 1.27. The minimum absolute atomic E-state index is 0.365. The first-order valence-corrected chi connectivity index (χ1v) is 4.83. The van der Waals surface area contributed by atoms with Crippen molar-refractivity contribution >= 4 is 6.16 Å². The lowest BCUT2D eigenvalue weighted by atomic mass is 10.1. The van der Waals surface area contributed by atoms with Crippen LogP contribution in [-0.4, -0.2) is 18.4 Å². The van der Waals surface area contributed by atoms with E-state index in [4.69, 9.17) is 9.62 Å². The van der Waals surface area contributed by atoms with Crippen LogP contribution in [0.2, 0.25) is 0 Å². The molecule has 0 bridgehead atoms. The molecule has 4 nitrogen and oxygen atoms in total. The molecule has 84 valence electrons. The number of hydrogen-bond acceptors (Lipinski definition) is 4. The summed E-state index contributed by atoms with van der Waals surface area (Å²) in [5.74, 6) is 0.506. The highest BCUT2D eigenvalue weighted by Crippen LogP contribution is 2.08. The molecule has 0 amide bonds. The summed E-state index contributed by atoms with van der Waals surface area (Å²) in [6, 6.07) is 0. The average Bonchev–Trinajstić information content (AvgIpc) is 1.99. The van der Waals surface area contributed by atoms with Crippen LogP contribution < -0.4 is 0 Å². The average molecular weight is 204 g/mol. The van der Waals surface area contributed by atoms with Crippen molar-refractivity contribution in [2.75, 3.05) is 6.61 Å². The van der Waals surface area contributed by atoms with Gasteiger partial charge in [-0.1, -0.05) is 13.8 Å². The molecular formula is C10H20O4. The summed E-state index contributed by atoms with van der Waals surface area (Å²) in [6.45, 7) is 9.84. The lowest BCUT2D eigenvalue weighted by Crippen LogP contribution is -2.22. The zero-order valence-corrected chi connectivity index (χ0v) is 9.62. The normalized spacial score (nSPS) is 11.6. The second-order valence-corrected chi connectivity index (χ2v) is 4.56. The maximum absolute atomic E-state index is 10.9. The van der Waals surface area contributed by atoms with E-state index >= 15 is 0 Å². The molecule has 0 saturated heterocycles. The quantitative estimate of drug-likeness (QED) is 0.401. The second-order valence-electron chi connectivity index (χ2n) is 4.56.